The molecule has 0 fully saturated rings. The van der Waals surface area contributed by atoms with E-state index in [9.17, 15) is 0 Å². The molecule has 0 saturated heterocycles. The smallest absolute Gasteiger partial charge is 0.134 e. The lowest BCUT2D eigenvalue weighted by atomic mass is 10.1. The molecule has 0 aliphatic heterocycles. The summed E-state index contributed by atoms with van der Waals surface area (Å²) in [5.41, 5.74) is 2.18. The van der Waals surface area contributed by atoms with Crippen LogP contribution in [0, 0.1) is 6.92 Å². The zero-order chi connectivity index (χ0) is 14.0. The highest BCUT2D eigenvalue weighted by molar-refractivity contribution is 6.31. The summed E-state index contributed by atoms with van der Waals surface area (Å²) in [5, 5.41) is 4.18. The van der Waals surface area contributed by atoms with Crippen LogP contribution in [0.2, 0.25) is 5.02 Å². The first-order valence-electron chi connectivity index (χ1n) is 6.46. The molecule has 1 aromatic carbocycles. The van der Waals surface area contributed by atoms with Crippen LogP contribution in [-0.2, 0) is 6.54 Å². The van der Waals surface area contributed by atoms with Gasteiger partial charge in [-0.1, -0.05) is 23.7 Å². The molecule has 110 valence electrons. The number of benzene rings is 1. The maximum Gasteiger partial charge on any atom is 0.134 e. The summed E-state index contributed by atoms with van der Waals surface area (Å²) >= 11 is 6.14. The lowest BCUT2D eigenvalue weighted by molar-refractivity contribution is 0.391. The molecule has 0 bridgehead atoms. The average Bonchev–Trinajstić information content (AvgIpc) is 2.78. The Bertz CT molecular complexity index is 570. The third-order valence-corrected chi connectivity index (χ3v) is 3.40. The standard InChI is InChI=1S/C16H20ClNO.ClH/c1-11-13(6-5-7-14(11)17)15-9-8-12(19-15)10-18-16(2,3)4;/h5-9,18H,10H2,1-4H3;1H. The van der Waals surface area contributed by atoms with E-state index in [4.69, 9.17) is 16.0 Å². The van der Waals surface area contributed by atoms with Crippen molar-refractivity contribution in [2.45, 2.75) is 39.8 Å². The maximum absolute atomic E-state index is 6.14. The Balaban J connectivity index is 0.00000200. The van der Waals surface area contributed by atoms with E-state index in [0.717, 1.165) is 34.2 Å². The van der Waals surface area contributed by atoms with Crippen LogP contribution in [0.4, 0.5) is 0 Å². The Labute approximate surface area is 131 Å². The summed E-state index contributed by atoms with van der Waals surface area (Å²) in [5.74, 6) is 1.80. The summed E-state index contributed by atoms with van der Waals surface area (Å²) in [6, 6.07) is 9.87. The summed E-state index contributed by atoms with van der Waals surface area (Å²) in [6.07, 6.45) is 0. The number of halogens is 2. The lowest BCUT2D eigenvalue weighted by Crippen LogP contribution is -2.34. The van der Waals surface area contributed by atoms with Crippen LogP contribution in [0.5, 0.6) is 0 Å². The predicted molar refractivity (Wildman–Crippen MR) is 87.7 cm³/mol. The largest absolute Gasteiger partial charge is 0.460 e. The minimum Gasteiger partial charge on any atom is -0.460 e. The first-order chi connectivity index (χ1) is 8.87. The fraction of sp³-hybridized carbons (Fsp3) is 0.375. The Kier molecular flexibility index (Phi) is 5.69. The SMILES string of the molecule is Cc1c(Cl)cccc1-c1ccc(CNC(C)(C)C)o1.Cl. The van der Waals surface area contributed by atoms with Gasteiger partial charge < -0.3 is 9.73 Å². The fourth-order valence-corrected chi connectivity index (χ4v) is 2.02. The van der Waals surface area contributed by atoms with Gasteiger partial charge in [0, 0.05) is 16.1 Å². The molecule has 0 unspecified atom stereocenters. The van der Waals surface area contributed by atoms with Crippen molar-refractivity contribution in [3.63, 3.8) is 0 Å². The van der Waals surface area contributed by atoms with Crippen LogP contribution in [-0.4, -0.2) is 5.54 Å². The van der Waals surface area contributed by atoms with Crippen molar-refractivity contribution in [1.29, 1.82) is 0 Å². The van der Waals surface area contributed by atoms with Gasteiger partial charge in [-0.25, -0.2) is 0 Å². The number of nitrogens with one attached hydrogen (secondary N) is 1. The van der Waals surface area contributed by atoms with E-state index in [0.29, 0.717) is 0 Å². The molecule has 1 aromatic heterocycles. The monoisotopic (exact) mass is 313 g/mol. The molecule has 4 heteroatoms. The number of hydrogen-bond donors (Lipinski definition) is 1. The third kappa shape index (κ3) is 4.27. The van der Waals surface area contributed by atoms with Crippen LogP contribution in [0.25, 0.3) is 11.3 Å². The predicted octanol–water partition coefficient (Wildman–Crippen LogP) is 5.22. The molecule has 0 aliphatic carbocycles. The van der Waals surface area contributed by atoms with E-state index in [1.165, 1.54) is 0 Å². The average molecular weight is 314 g/mol. The van der Waals surface area contributed by atoms with E-state index in [1.54, 1.807) is 0 Å². The van der Waals surface area contributed by atoms with Gasteiger partial charge in [0.15, 0.2) is 0 Å². The number of hydrogen-bond acceptors (Lipinski definition) is 2. The highest BCUT2D eigenvalue weighted by atomic mass is 35.5. The second-order valence-electron chi connectivity index (χ2n) is 5.78. The zero-order valence-corrected chi connectivity index (χ0v) is 13.9. The van der Waals surface area contributed by atoms with E-state index in [2.05, 4.69) is 26.1 Å². The highest BCUT2D eigenvalue weighted by Crippen LogP contribution is 2.29. The lowest BCUT2D eigenvalue weighted by Gasteiger charge is -2.19. The van der Waals surface area contributed by atoms with Gasteiger partial charge in [0.1, 0.15) is 11.5 Å². The molecular formula is C16H21Cl2NO. The van der Waals surface area contributed by atoms with Crippen LogP contribution in [0.15, 0.2) is 34.7 Å². The molecule has 0 radical (unpaired) electrons. The fourth-order valence-electron chi connectivity index (χ4n) is 1.84. The van der Waals surface area contributed by atoms with Crippen molar-refractivity contribution in [3.05, 3.63) is 46.7 Å². The van der Waals surface area contributed by atoms with Crippen molar-refractivity contribution in [3.8, 4) is 11.3 Å². The van der Waals surface area contributed by atoms with Crippen LogP contribution < -0.4 is 5.32 Å². The van der Waals surface area contributed by atoms with Crippen molar-refractivity contribution in [2.75, 3.05) is 0 Å². The summed E-state index contributed by atoms with van der Waals surface area (Å²) in [6.45, 7) is 9.14. The topological polar surface area (TPSA) is 25.2 Å². The van der Waals surface area contributed by atoms with Gasteiger partial charge in [-0.3, -0.25) is 0 Å². The van der Waals surface area contributed by atoms with Crippen molar-refractivity contribution in [2.24, 2.45) is 0 Å². The minimum absolute atomic E-state index is 0. The van der Waals surface area contributed by atoms with Crippen LogP contribution in [0.1, 0.15) is 32.1 Å². The van der Waals surface area contributed by atoms with E-state index >= 15 is 0 Å². The molecule has 0 saturated carbocycles. The van der Waals surface area contributed by atoms with Gasteiger partial charge in [-0.15, -0.1) is 12.4 Å². The molecule has 2 nitrogen and oxygen atoms in total. The van der Waals surface area contributed by atoms with Crippen molar-refractivity contribution < 1.29 is 4.42 Å². The highest BCUT2D eigenvalue weighted by Gasteiger charge is 2.12. The van der Waals surface area contributed by atoms with E-state index in [1.807, 2.05) is 37.3 Å². The first-order valence-corrected chi connectivity index (χ1v) is 6.84. The van der Waals surface area contributed by atoms with Gasteiger partial charge in [-0.2, -0.15) is 0 Å². The Morgan fingerprint density at radius 3 is 2.50 bits per heavy atom. The quantitative estimate of drug-likeness (QED) is 0.840. The second kappa shape index (κ2) is 6.66. The van der Waals surface area contributed by atoms with E-state index < -0.39 is 0 Å². The first kappa shape index (κ1) is 17.1. The van der Waals surface area contributed by atoms with Gasteiger partial charge >= 0.3 is 0 Å². The van der Waals surface area contributed by atoms with Crippen molar-refractivity contribution >= 4 is 24.0 Å². The molecule has 2 rings (SSSR count). The minimum atomic E-state index is 0. The molecule has 1 heterocycles. The van der Waals surface area contributed by atoms with Crippen LogP contribution in [0.3, 0.4) is 0 Å². The normalized spacial score (nSPS) is 11.2. The molecule has 20 heavy (non-hydrogen) atoms. The Morgan fingerprint density at radius 1 is 1.15 bits per heavy atom. The van der Waals surface area contributed by atoms with Gasteiger partial charge in [0.05, 0.1) is 6.54 Å². The van der Waals surface area contributed by atoms with E-state index in [-0.39, 0.29) is 17.9 Å². The molecule has 2 aromatic rings. The summed E-state index contributed by atoms with van der Waals surface area (Å²) < 4.78 is 5.88. The Hall–Kier alpha value is -0.960. The Morgan fingerprint density at radius 2 is 1.85 bits per heavy atom. The molecule has 0 atom stereocenters. The summed E-state index contributed by atoms with van der Waals surface area (Å²) in [7, 11) is 0. The molecule has 0 aliphatic rings. The van der Waals surface area contributed by atoms with Crippen LogP contribution >= 0.6 is 24.0 Å². The summed E-state index contributed by atoms with van der Waals surface area (Å²) in [4.78, 5) is 0. The van der Waals surface area contributed by atoms with Gasteiger partial charge in [0.25, 0.3) is 0 Å². The molecular weight excluding hydrogens is 293 g/mol. The second-order valence-corrected chi connectivity index (χ2v) is 6.19. The maximum atomic E-state index is 6.14. The number of furan rings is 1. The van der Waals surface area contributed by atoms with Gasteiger partial charge in [0.2, 0.25) is 0 Å². The molecule has 0 amide bonds. The number of rotatable bonds is 3. The molecule has 1 N–H and O–H groups in total. The zero-order valence-electron chi connectivity index (χ0n) is 12.3. The third-order valence-electron chi connectivity index (χ3n) is 2.99. The van der Waals surface area contributed by atoms with Crippen molar-refractivity contribution in [1.82, 2.24) is 5.32 Å². The van der Waals surface area contributed by atoms with Gasteiger partial charge in [-0.05, 0) is 51.5 Å². The molecule has 0 spiro atoms.